The molecule has 0 bridgehead atoms. The van der Waals surface area contributed by atoms with Crippen LogP contribution in [0.15, 0.2) is 47.7 Å². The lowest BCUT2D eigenvalue weighted by Crippen LogP contribution is -2.43. The van der Waals surface area contributed by atoms with Gasteiger partial charge in [0.15, 0.2) is 5.96 Å². The summed E-state index contributed by atoms with van der Waals surface area (Å²) >= 11 is 0. The second-order valence-corrected chi connectivity index (χ2v) is 6.73. The van der Waals surface area contributed by atoms with Gasteiger partial charge in [-0.2, -0.15) is 5.10 Å². The molecule has 1 aromatic carbocycles. The molecule has 0 atom stereocenters. The zero-order chi connectivity index (χ0) is 17.7. The van der Waals surface area contributed by atoms with Gasteiger partial charge < -0.3 is 15.3 Å². The zero-order valence-electron chi connectivity index (χ0n) is 15.0. The Bertz CT molecular complexity index is 706. The third-order valence-corrected chi connectivity index (χ3v) is 4.58. The first kappa shape index (κ1) is 17.5. The fourth-order valence-corrected chi connectivity index (χ4v) is 2.95. The van der Waals surface area contributed by atoms with E-state index in [2.05, 4.69) is 27.2 Å². The number of nitrogens with one attached hydrogen (secondary N) is 1. The van der Waals surface area contributed by atoms with Crippen molar-refractivity contribution < 1.29 is 5.11 Å². The van der Waals surface area contributed by atoms with E-state index in [4.69, 9.17) is 0 Å². The molecule has 6 nitrogen and oxygen atoms in total. The maximum Gasteiger partial charge on any atom is 0.194 e. The van der Waals surface area contributed by atoms with Crippen LogP contribution in [-0.2, 0) is 6.54 Å². The Morgan fingerprint density at radius 3 is 2.76 bits per heavy atom. The highest BCUT2D eigenvalue weighted by molar-refractivity contribution is 5.79. The largest absolute Gasteiger partial charge is 0.388 e. The van der Waals surface area contributed by atoms with Crippen molar-refractivity contribution in [3.05, 3.63) is 48.3 Å². The van der Waals surface area contributed by atoms with Crippen LogP contribution in [0.2, 0.25) is 0 Å². The van der Waals surface area contributed by atoms with Crippen molar-refractivity contribution in [1.29, 1.82) is 0 Å². The molecule has 25 heavy (non-hydrogen) atoms. The highest BCUT2D eigenvalue weighted by atomic mass is 16.3. The average molecular weight is 341 g/mol. The number of hydrogen-bond acceptors (Lipinski definition) is 3. The molecular formula is C19H27N5O. The standard InChI is InChI=1S/C19H27N5O/c1-3-20-18(21-15-19(25)10-7-11-19)23(2)13-16-12-22-24(14-16)17-8-5-4-6-9-17/h4-6,8-9,12,14,25H,3,7,10-11,13,15H2,1-2H3,(H,20,21). The molecule has 0 saturated heterocycles. The second-order valence-electron chi connectivity index (χ2n) is 6.73. The molecule has 2 aromatic rings. The van der Waals surface area contributed by atoms with E-state index in [1.165, 1.54) is 0 Å². The summed E-state index contributed by atoms with van der Waals surface area (Å²) in [5.74, 6) is 0.815. The molecular weight excluding hydrogens is 314 g/mol. The van der Waals surface area contributed by atoms with Gasteiger partial charge in [-0.15, -0.1) is 0 Å². The van der Waals surface area contributed by atoms with Crippen LogP contribution in [0.3, 0.4) is 0 Å². The Labute approximate surface area is 149 Å². The van der Waals surface area contributed by atoms with Gasteiger partial charge in [0, 0.05) is 31.9 Å². The van der Waals surface area contributed by atoms with E-state index < -0.39 is 5.60 Å². The highest BCUT2D eigenvalue weighted by Crippen LogP contribution is 2.31. The predicted molar refractivity (Wildman–Crippen MR) is 99.8 cm³/mol. The Morgan fingerprint density at radius 1 is 1.36 bits per heavy atom. The summed E-state index contributed by atoms with van der Waals surface area (Å²) in [5.41, 5.74) is 1.56. The predicted octanol–water partition coefficient (Wildman–Crippen LogP) is 2.18. The monoisotopic (exact) mass is 341 g/mol. The molecule has 1 aromatic heterocycles. The molecule has 0 aliphatic heterocycles. The lowest BCUT2D eigenvalue weighted by atomic mass is 9.80. The van der Waals surface area contributed by atoms with Crippen molar-refractivity contribution in [2.45, 2.75) is 38.3 Å². The third kappa shape index (κ3) is 4.39. The van der Waals surface area contributed by atoms with E-state index in [1.807, 2.05) is 54.5 Å². The first-order chi connectivity index (χ1) is 12.1. The van der Waals surface area contributed by atoms with Gasteiger partial charge in [-0.05, 0) is 38.3 Å². The minimum atomic E-state index is -0.598. The van der Waals surface area contributed by atoms with E-state index in [0.29, 0.717) is 13.1 Å². The molecule has 0 spiro atoms. The molecule has 1 fully saturated rings. The van der Waals surface area contributed by atoms with E-state index in [-0.39, 0.29) is 0 Å². The van der Waals surface area contributed by atoms with Gasteiger partial charge >= 0.3 is 0 Å². The number of nitrogens with zero attached hydrogens (tertiary/aromatic N) is 4. The maximum atomic E-state index is 10.3. The van der Waals surface area contributed by atoms with Gasteiger partial charge in [-0.25, -0.2) is 4.68 Å². The summed E-state index contributed by atoms with van der Waals surface area (Å²) < 4.78 is 1.88. The van der Waals surface area contributed by atoms with Crippen LogP contribution in [0.1, 0.15) is 31.7 Å². The summed E-state index contributed by atoms with van der Waals surface area (Å²) in [6.07, 6.45) is 6.71. The van der Waals surface area contributed by atoms with Gasteiger partial charge in [0.1, 0.15) is 0 Å². The number of hydrogen-bond donors (Lipinski definition) is 2. The van der Waals surface area contributed by atoms with Crippen molar-refractivity contribution in [3.63, 3.8) is 0 Å². The van der Waals surface area contributed by atoms with Crippen molar-refractivity contribution in [2.75, 3.05) is 20.1 Å². The third-order valence-electron chi connectivity index (χ3n) is 4.58. The Hall–Kier alpha value is -2.34. The van der Waals surface area contributed by atoms with E-state index in [0.717, 1.165) is 43.0 Å². The minimum absolute atomic E-state index is 0.461. The van der Waals surface area contributed by atoms with E-state index in [1.54, 1.807) is 0 Å². The molecule has 6 heteroatoms. The number of aromatic nitrogens is 2. The Morgan fingerprint density at radius 2 is 2.12 bits per heavy atom. The minimum Gasteiger partial charge on any atom is -0.388 e. The van der Waals surface area contributed by atoms with E-state index >= 15 is 0 Å². The summed E-state index contributed by atoms with van der Waals surface area (Å²) in [6.45, 7) is 4.01. The molecule has 1 aliphatic rings. The van der Waals surface area contributed by atoms with Crippen LogP contribution >= 0.6 is 0 Å². The topological polar surface area (TPSA) is 65.7 Å². The van der Waals surface area contributed by atoms with Gasteiger partial charge in [0.25, 0.3) is 0 Å². The highest BCUT2D eigenvalue weighted by Gasteiger charge is 2.34. The average Bonchev–Trinajstić information content (AvgIpc) is 3.06. The van der Waals surface area contributed by atoms with Crippen molar-refractivity contribution in [2.24, 2.45) is 4.99 Å². The van der Waals surface area contributed by atoms with Gasteiger partial charge in [-0.3, -0.25) is 4.99 Å². The van der Waals surface area contributed by atoms with Crippen LogP contribution in [0.25, 0.3) is 5.69 Å². The maximum absolute atomic E-state index is 10.3. The molecule has 1 aliphatic carbocycles. The summed E-state index contributed by atoms with van der Waals surface area (Å²) in [5, 5.41) is 18.0. The van der Waals surface area contributed by atoms with Gasteiger partial charge in [-0.1, -0.05) is 18.2 Å². The number of aliphatic hydroxyl groups is 1. The van der Waals surface area contributed by atoms with Crippen molar-refractivity contribution >= 4 is 5.96 Å². The SMILES string of the molecule is CCNC(=NCC1(O)CCC1)N(C)Cc1cnn(-c2ccccc2)c1. The lowest BCUT2D eigenvalue weighted by Gasteiger charge is -2.35. The smallest absolute Gasteiger partial charge is 0.194 e. The van der Waals surface area contributed by atoms with Crippen LogP contribution in [0, 0.1) is 0 Å². The lowest BCUT2D eigenvalue weighted by molar-refractivity contribution is -0.0237. The molecule has 134 valence electrons. The van der Waals surface area contributed by atoms with Gasteiger partial charge in [0.05, 0.1) is 24.0 Å². The fraction of sp³-hybridized carbons (Fsp3) is 0.474. The summed E-state index contributed by atoms with van der Waals surface area (Å²) in [6, 6.07) is 10.1. The number of rotatable bonds is 6. The quantitative estimate of drug-likeness (QED) is 0.624. The number of benzene rings is 1. The molecule has 2 N–H and O–H groups in total. The van der Waals surface area contributed by atoms with Crippen LogP contribution in [0.4, 0.5) is 0 Å². The molecule has 0 unspecified atom stereocenters. The molecule has 0 amide bonds. The molecule has 3 rings (SSSR count). The first-order valence-electron chi connectivity index (χ1n) is 8.90. The first-order valence-corrected chi connectivity index (χ1v) is 8.90. The zero-order valence-corrected chi connectivity index (χ0v) is 15.0. The normalized spacial score (nSPS) is 16.4. The number of para-hydroxylation sites is 1. The molecule has 1 saturated carbocycles. The summed E-state index contributed by atoms with van der Waals surface area (Å²) in [7, 11) is 2.01. The van der Waals surface area contributed by atoms with E-state index in [9.17, 15) is 5.11 Å². The van der Waals surface area contributed by atoms with Crippen LogP contribution < -0.4 is 5.32 Å². The number of aliphatic imine (C=N–C) groups is 1. The van der Waals surface area contributed by atoms with Crippen molar-refractivity contribution in [3.8, 4) is 5.69 Å². The second kappa shape index (κ2) is 7.70. The molecule has 1 heterocycles. The summed E-state index contributed by atoms with van der Waals surface area (Å²) in [4.78, 5) is 6.69. The van der Waals surface area contributed by atoms with Crippen LogP contribution in [0.5, 0.6) is 0 Å². The van der Waals surface area contributed by atoms with Crippen molar-refractivity contribution in [1.82, 2.24) is 20.0 Å². The molecule has 0 radical (unpaired) electrons. The van der Waals surface area contributed by atoms with Gasteiger partial charge in [0.2, 0.25) is 0 Å². The van der Waals surface area contributed by atoms with Crippen LogP contribution in [-0.4, -0.2) is 51.5 Å². The number of guanidine groups is 1. The Balaban J connectivity index is 1.65. The Kier molecular flexibility index (Phi) is 5.38. The fourth-order valence-electron chi connectivity index (χ4n) is 2.95.